The number of amides is 1. The van der Waals surface area contributed by atoms with Gasteiger partial charge in [0.25, 0.3) is 0 Å². The molecule has 0 bridgehead atoms. The van der Waals surface area contributed by atoms with E-state index in [4.69, 9.17) is 16.3 Å². The van der Waals surface area contributed by atoms with E-state index in [2.05, 4.69) is 10.3 Å². The van der Waals surface area contributed by atoms with Crippen LogP contribution in [0.3, 0.4) is 0 Å². The summed E-state index contributed by atoms with van der Waals surface area (Å²) in [7, 11) is 1.51. The molecule has 4 nitrogen and oxygen atoms in total. The second-order valence-electron chi connectivity index (χ2n) is 6.22. The standard InChI is InChI=1S/C19H20ClFN2O2/c1-3-14(12-6-7-15(20)16(21)8-12)18(24)23-17-9-13(11-4-5-11)10-22-19(17)25-2/h6-11,14H,3-5H2,1-2H3,(H,23,24)/t14-/m0/s1. The van der Waals surface area contributed by atoms with Crippen LogP contribution in [0.1, 0.15) is 49.1 Å². The van der Waals surface area contributed by atoms with E-state index in [1.165, 1.54) is 19.2 Å². The van der Waals surface area contributed by atoms with E-state index >= 15 is 0 Å². The summed E-state index contributed by atoms with van der Waals surface area (Å²) in [5, 5.41) is 2.93. The smallest absolute Gasteiger partial charge is 0.237 e. The Morgan fingerprint density at radius 1 is 1.44 bits per heavy atom. The summed E-state index contributed by atoms with van der Waals surface area (Å²) in [6, 6.07) is 6.37. The van der Waals surface area contributed by atoms with E-state index in [0.29, 0.717) is 29.5 Å². The van der Waals surface area contributed by atoms with E-state index < -0.39 is 11.7 Å². The van der Waals surface area contributed by atoms with Crippen molar-refractivity contribution >= 4 is 23.2 Å². The Labute approximate surface area is 151 Å². The summed E-state index contributed by atoms with van der Waals surface area (Å²) in [6.07, 6.45) is 4.61. The maximum absolute atomic E-state index is 13.7. The van der Waals surface area contributed by atoms with Crippen LogP contribution in [-0.4, -0.2) is 18.0 Å². The van der Waals surface area contributed by atoms with Crippen LogP contribution in [0, 0.1) is 5.82 Å². The zero-order valence-electron chi connectivity index (χ0n) is 14.2. The number of ether oxygens (including phenoxy) is 1. The van der Waals surface area contributed by atoms with Gasteiger partial charge in [0.05, 0.1) is 18.1 Å². The first-order valence-electron chi connectivity index (χ1n) is 8.33. The molecule has 1 fully saturated rings. The van der Waals surface area contributed by atoms with Gasteiger partial charge in [-0.1, -0.05) is 24.6 Å². The van der Waals surface area contributed by atoms with Gasteiger partial charge in [-0.05, 0) is 54.5 Å². The lowest BCUT2D eigenvalue weighted by molar-refractivity contribution is -0.117. The monoisotopic (exact) mass is 362 g/mol. The van der Waals surface area contributed by atoms with Crippen molar-refractivity contribution in [2.75, 3.05) is 12.4 Å². The molecule has 1 aromatic carbocycles. The van der Waals surface area contributed by atoms with Gasteiger partial charge in [-0.25, -0.2) is 9.37 Å². The average Bonchev–Trinajstić information content (AvgIpc) is 3.43. The molecule has 0 spiro atoms. The van der Waals surface area contributed by atoms with Gasteiger partial charge in [0.2, 0.25) is 11.8 Å². The maximum atomic E-state index is 13.7. The van der Waals surface area contributed by atoms with Gasteiger partial charge >= 0.3 is 0 Å². The molecular formula is C19H20ClFN2O2. The normalized spacial score (nSPS) is 14.9. The molecule has 0 unspecified atom stereocenters. The molecule has 1 heterocycles. The largest absolute Gasteiger partial charge is 0.480 e. The summed E-state index contributed by atoms with van der Waals surface area (Å²) in [4.78, 5) is 17.0. The predicted octanol–water partition coefficient (Wildman–Crippen LogP) is 4.89. The molecule has 6 heteroatoms. The van der Waals surface area contributed by atoms with Crippen molar-refractivity contribution < 1.29 is 13.9 Å². The number of benzene rings is 1. The molecule has 1 N–H and O–H groups in total. The molecule has 0 aliphatic heterocycles. The zero-order valence-corrected chi connectivity index (χ0v) is 14.9. The molecule has 25 heavy (non-hydrogen) atoms. The molecule has 1 amide bonds. The molecule has 1 aliphatic rings. The fraction of sp³-hybridized carbons (Fsp3) is 0.368. The molecular weight excluding hydrogens is 343 g/mol. The fourth-order valence-electron chi connectivity index (χ4n) is 2.88. The molecule has 1 saturated carbocycles. The zero-order chi connectivity index (χ0) is 18.0. The number of nitrogens with one attached hydrogen (secondary N) is 1. The van der Waals surface area contributed by atoms with E-state index in [1.54, 1.807) is 12.3 Å². The van der Waals surface area contributed by atoms with Crippen LogP contribution < -0.4 is 10.1 Å². The molecule has 1 atom stereocenters. The third-order valence-corrected chi connectivity index (χ3v) is 4.75. The van der Waals surface area contributed by atoms with Crippen molar-refractivity contribution in [3.8, 4) is 5.88 Å². The molecule has 2 aromatic rings. The number of hydrogen-bond acceptors (Lipinski definition) is 3. The Bertz CT molecular complexity index is 793. The minimum atomic E-state index is -0.527. The second kappa shape index (κ2) is 7.40. The molecule has 1 aromatic heterocycles. The maximum Gasteiger partial charge on any atom is 0.237 e. The van der Waals surface area contributed by atoms with Crippen LogP contribution in [0.2, 0.25) is 5.02 Å². The van der Waals surface area contributed by atoms with Gasteiger partial charge in [-0.3, -0.25) is 4.79 Å². The van der Waals surface area contributed by atoms with Crippen LogP contribution >= 0.6 is 11.6 Å². The van der Waals surface area contributed by atoms with Crippen molar-refractivity contribution in [2.45, 2.75) is 38.0 Å². The average molecular weight is 363 g/mol. The topological polar surface area (TPSA) is 51.2 Å². The van der Waals surface area contributed by atoms with Crippen molar-refractivity contribution in [1.82, 2.24) is 4.98 Å². The predicted molar refractivity (Wildman–Crippen MR) is 95.8 cm³/mol. The first-order chi connectivity index (χ1) is 12.0. The minimum Gasteiger partial charge on any atom is -0.480 e. The van der Waals surface area contributed by atoms with Crippen molar-refractivity contribution in [1.29, 1.82) is 0 Å². The summed E-state index contributed by atoms with van der Waals surface area (Å²) < 4.78 is 19.0. The first kappa shape index (κ1) is 17.7. The molecule has 0 saturated heterocycles. The lowest BCUT2D eigenvalue weighted by Crippen LogP contribution is -2.21. The molecule has 132 valence electrons. The number of carbonyl (C=O) groups is 1. The highest BCUT2D eigenvalue weighted by Crippen LogP contribution is 2.41. The molecule has 0 radical (unpaired) electrons. The lowest BCUT2D eigenvalue weighted by atomic mass is 9.95. The highest BCUT2D eigenvalue weighted by Gasteiger charge is 2.26. The number of methoxy groups -OCH3 is 1. The van der Waals surface area contributed by atoms with Gasteiger partial charge in [-0.2, -0.15) is 0 Å². The Morgan fingerprint density at radius 2 is 2.20 bits per heavy atom. The van der Waals surface area contributed by atoms with Crippen molar-refractivity contribution in [3.63, 3.8) is 0 Å². The number of pyridine rings is 1. The highest BCUT2D eigenvalue weighted by atomic mass is 35.5. The third-order valence-electron chi connectivity index (χ3n) is 4.44. The lowest BCUT2D eigenvalue weighted by Gasteiger charge is -2.17. The van der Waals surface area contributed by atoms with E-state index in [0.717, 1.165) is 18.4 Å². The van der Waals surface area contributed by atoms with Gasteiger partial charge in [0.1, 0.15) is 11.5 Å². The summed E-state index contributed by atoms with van der Waals surface area (Å²) in [5.74, 6) is -0.352. The minimum absolute atomic E-state index is 0.0435. The van der Waals surface area contributed by atoms with Gasteiger partial charge in [0, 0.05) is 6.20 Å². The fourth-order valence-corrected chi connectivity index (χ4v) is 3.00. The second-order valence-corrected chi connectivity index (χ2v) is 6.63. The van der Waals surface area contributed by atoms with Gasteiger partial charge in [0.15, 0.2) is 0 Å². The van der Waals surface area contributed by atoms with Gasteiger partial charge < -0.3 is 10.1 Å². The van der Waals surface area contributed by atoms with Crippen LogP contribution in [0.15, 0.2) is 30.5 Å². The number of halogens is 2. The van der Waals surface area contributed by atoms with Crippen LogP contribution in [0.5, 0.6) is 5.88 Å². The Kier molecular flexibility index (Phi) is 5.23. The van der Waals surface area contributed by atoms with Crippen LogP contribution in [-0.2, 0) is 4.79 Å². The number of carbonyl (C=O) groups excluding carboxylic acids is 1. The van der Waals surface area contributed by atoms with Crippen LogP contribution in [0.4, 0.5) is 10.1 Å². The number of rotatable bonds is 6. The van der Waals surface area contributed by atoms with E-state index in [1.807, 2.05) is 13.0 Å². The van der Waals surface area contributed by atoms with E-state index in [-0.39, 0.29) is 10.9 Å². The van der Waals surface area contributed by atoms with Gasteiger partial charge in [-0.15, -0.1) is 0 Å². The number of nitrogens with zero attached hydrogens (tertiary/aromatic N) is 1. The quantitative estimate of drug-likeness (QED) is 0.795. The number of anilines is 1. The van der Waals surface area contributed by atoms with Crippen molar-refractivity contribution in [2.24, 2.45) is 0 Å². The summed E-state index contributed by atoms with van der Waals surface area (Å²) in [5.41, 5.74) is 2.23. The Morgan fingerprint density at radius 3 is 2.80 bits per heavy atom. The number of hydrogen-bond donors (Lipinski definition) is 1. The third kappa shape index (κ3) is 3.93. The van der Waals surface area contributed by atoms with Crippen molar-refractivity contribution in [3.05, 3.63) is 52.4 Å². The first-order valence-corrected chi connectivity index (χ1v) is 8.71. The summed E-state index contributed by atoms with van der Waals surface area (Å²) >= 11 is 5.73. The number of aromatic nitrogens is 1. The highest BCUT2D eigenvalue weighted by molar-refractivity contribution is 6.30. The molecule has 3 rings (SSSR count). The van der Waals surface area contributed by atoms with Crippen LogP contribution in [0.25, 0.3) is 0 Å². The Balaban J connectivity index is 1.84. The molecule has 1 aliphatic carbocycles. The SMILES string of the molecule is CC[C@H](C(=O)Nc1cc(C2CC2)cnc1OC)c1ccc(Cl)c(F)c1. The Hall–Kier alpha value is -2.14. The summed E-state index contributed by atoms with van der Waals surface area (Å²) in [6.45, 7) is 1.88. The van der Waals surface area contributed by atoms with E-state index in [9.17, 15) is 9.18 Å².